The number of carbonyl (C=O) groups excluding carboxylic acids is 2. The maximum Gasteiger partial charge on any atom is 0.243 e. The number of furan rings is 1. The number of piperazine rings is 1. The van der Waals surface area contributed by atoms with Crippen molar-refractivity contribution < 1.29 is 18.7 Å². The summed E-state index contributed by atoms with van der Waals surface area (Å²) in [6, 6.07) is 3.82. The summed E-state index contributed by atoms with van der Waals surface area (Å²) < 4.78 is 10.7. The van der Waals surface area contributed by atoms with Gasteiger partial charge in [-0.15, -0.1) is 0 Å². The smallest absolute Gasteiger partial charge is 0.243 e. The minimum absolute atomic E-state index is 0.0416. The van der Waals surface area contributed by atoms with Crippen molar-refractivity contribution >= 4 is 17.8 Å². The molecule has 3 rings (SSSR count). The average Bonchev–Trinajstić information content (AvgIpc) is 3.30. The number of nitrogens with one attached hydrogen (secondary N) is 1. The zero-order chi connectivity index (χ0) is 22.1. The van der Waals surface area contributed by atoms with Crippen LogP contribution in [-0.2, 0) is 20.7 Å². The van der Waals surface area contributed by atoms with Gasteiger partial charge in [0, 0.05) is 66.3 Å². The Bertz CT molecular complexity index is 722. The molecule has 2 saturated heterocycles. The second-order valence-electron chi connectivity index (χ2n) is 7.94. The van der Waals surface area contributed by atoms with Gasteiger partial charge in [0.1, 0.15) is 12.3 Å². The summed E-state index contributed by atoms with van der Waals surface area (Å²) in [4.78, 5) is 36.8. The number of hydrogen-bond donors (Lipinski definition) is 1. The number of hydrogen-bond acceptors (Lipinski definition) is 6. The Kier molecular flexibility index (Phi) is 8.72. The number of nitrogens with zero attached hydrogens (tertiary/aromatic N) is 5. The molecule has 0 atom stereocenters. The first kappa shape index (κ1) is 23.1. The lowest BCUT2D eigenvalue weighted by Gasteiger charge is -2.37. The van der Waals surface area contributed by atoms with E-state index in [9.17, 15) is 9.59 Å². The molecule has 2 fully saturated rings. The molecule has 2 aliphatic heterocycles. The van der Waals surface area contributed by atoms with E-state index in [4.69, 9.17) is 9.15 Å². The largest absolute Gasteiger partial charge is 0.469 e. The Labute approximate surface area is 183 Å². The summed E-state index contributed by atoms with van der Waals surface area (Å²) in [5, 5.41) is 3.37. The lowest BCUT2D eigenvalue weighted by Crippen LogP contribution is -2.55. The van der Waals surface area contributed by atoms with E-state index in [1.165, 1.54) is 0 Å². The molecule has 10 heteroatoms. The van der Waals surface area contributed by atoms with Gasteiger partial charge in [0.15, 0.2) is 5.96 Å². The minimum atomic E-state index is -0.0416. The highest BCUT2D eigenvalue weighted by molar-refractivity contribution is 5.85. The minimum Gasteiger partial charge on any atom is -0.469 e. The number of aliphatic imine (C=N–C) groups is 1. The Morgan fingerprint density at radius 3 is 2.48 bits per heavy atom. The molecule has 1 aromatic heterocycles. The molecule has 0 saturated carbocycles. The topological polar surface area (TPSA) is 93.9 Å². The second kappa shape index (κ2) is 11.7. The lowest BCUT2D eigenvalue weighted by atomic mass is 10.3. The SMILES string of the molecule is CN(C)C(=O)CN=C(NCCc1ccco1)N1CCN(CC(=O)N2CCOCC2)CC1. The molecule has 0 unspecified atom stereocenters. The van der Waals surface area contributed by atoms with Crippen molar-refractivity contribution in [1.29, 1.82) is 0 Å². The second-order valence-corrected chi connectivity index (χ2v) is 7.94. The Morgan fingerprint density at radius 2 is 1.84 bits per heavy atom. The van der Waals surface area contributed by atoms with E-state index in [-0.39, 0.29) is 18.4 Å². The Hall–Kier alpha value is -2.59. The first-order chi connectivity index (χ1) is 15.0. The van der Waals surface area contributed by atoms with E-state index in [1.807, 2.05) is 17.0 Å². The monoisotopic (exact) mass is 434 g/mol. The van der Waals surface area contributed by atoms with Crippen LogP contribution in [0.1, 0.15) is 5.76 Å². The quantitative estimate of drug-likeness (QED) is 0.449. The van der Waals surface area contributed by atoms with Gasteiger partial charge in [-0.1, -0.05) is 0 Å². The summed E-state index contributed by atoms with van der Waals surface area (Å²) in [6.45, 7) is 6.84. The maximum atomic E-state index is 12.5. The van der Waals surface area contributed by atoms with E-state index in [0.717, 1.165) is 44.3 Å². The third kappa shape index (κ3) is 7.25. The molecule has 10 nitrogen and oxygen atoms in total. The molecular formula is C21H34N6O4. The fourth-order valence-electron chi connectivity index (χ4n) is 3.53. The highest BCUT2D eigenvalue weighted by Gasteiger charge is 2.24. The van der Waals surface area contributed by atoms with Crippen LogP contribution in [0.3, 0.4) is 0 Å². The van der Waals surface area contributed by atoms with Crippen LogP contribution < -0.4 is 5.32 Å². The lowest BCUT2D eigenvalue weighted by molar-refractivity contribution is -0.136. The molecule has 0 radical (unpaired) electrons. The van der Waals surface area contributed by atoms with Gasteiger partial charge in [0.25, 0.3) is 0 Å². The normalized spacial score (nSPS) is 18.2. The molecule has 0 bridgehead atoms. The third-order valence-corrected chi connectivity index (χ3v) is 5.49. The molecular weight excluding hydrogens is 400 g/mol. The third-order valence-electron chi connectivity index (χ3n) is 5.49. The molecule has 1 aromatic rings. The molecule has 0 aliphatic carbocycles. The summed E-state index contributed by atoms with van der Waals surface area (Å²) in [6.07, 6.45) is 2.40. The maximum absolute atomic E-state index is 12.5. The van der Waals surface area contributed by atoms with Gasteiger partial charge in [-0.05, 0) is 12.1 Å². The van der Waals surface area contributed by atoms with Gasteiger partial charge in [0.05, 0.1) is 26.0 Å². The fourth-order valence-corrected chi connectivity index (χ4v) is 3.53. The number of morpholine rings is 1. The van der Waals surface area contributed by atoms with Gasteiger partial charge in [-0.2, -0.15) is 0 Å². The van der Waals surface area contributed by atoms with Crippen molar-refractivity contribution in [1.82, 2.24) is 24.9 Å². The average molecular weight is 435 g/mol. The number of carbonyl (C=O) groups is 2. The molecule has 0 aromatic carbocycles. The number of amides is 2. The van der Waals surface area contributed by atoms with Crippen molar-refractivity contribution in [2.75, 3.05) is 86.2 Å². The molecule has 172 valence electrons. The molecule has 2 aliphatic rings. The van der Waals surface area contributed by atoms with Crippen molar-refractivity contribution in [3.8, 4) is 0 Å². The van der Waals surface area contributed by atoms with Crippen LogP contribution in [0.15, 0.2) is 27.8 Å². The summed E-state index contributed by atoms with van der Waals surface area (Å²) in [7, 11) is 3.46. The molecule has 2 amide bonds. The van der Waals surface area contributed by atoms with Crippen molar-refractivity contribution in [2.24, 2.45) is 4.99 Å². The van der Waals surface area contributed by atoms with Crippen LogP contribution in [0.25, 0.3) is 0 Å². The predicted octanol–water partition coefficient (Wildman–Crippen LogP) is -0.668. The van der Waals surface area contributed by atoms with Crippen LogP contribution in [-0.4, -0.2) is 124 Å². The van der Waals surface area contributed by atoms with Crippen LogP contribution in [0.2, 0.25) is 0 Å². The van der Waals surface area contributed by atoms with Crippen molar-refractivity contribution in [2.45, 2.75) is 6.42 Å². The Balaban J connectivity index is 1.50. The first-order valence-electron chi connectivity index (χ1n) is 10.9. The van der Waals surface area contributed by atoms with Gasteiger partial charge in [-0.3, -0.25) is 14.5 Å². The van der Waals surface area contributed by atoms with Gasteiger partial charge in [0.2, 0.25) is 11.8 Å². The van der Waals surface area contributed by atoms with E-state index < -0.39 is 0 Å². The number of ether oxygens (including phenoxy) is 1. The summed E-state index contributed by atoms with van der Waals surface area (Å²) in [5.41, 5.74) is 0. The molecule has 3 heterocycles. The molecule has 0 spiro atoms. The van der Waals surface area contributed by atoms with E-state index >= 15 is 0 Å². The first-order valence-corrected chi connectivity index (χ1v) is 10.9. The Morgan fingerprint density at radius 1 is 1.10 bits per heavy atom. The predicted molar refractivity (Wildman–Crippen MR) is 117 cm³/mol. The summed E-state index contributed by atoms with van der Waals surface area (Å²) >= 11 is 0. The fraction of sp³-hybridized carbons (Fsp3) is 0.667. The van der Waals surface area contributed by atoms with Gasteiger partial charge in [-0.25, -0.2) is 4.99 Å². The van der Waals surface area contributed by atoms with Gasteiger partial charge >= 0.3 is 0 Å². The zero-order valence-electron chi connectivity index (χ0n) is 18.6. The highest BCUT2D eigenvalue weighted by Crippen LogP contribution is 2.06. The van der Waals surface area contributed by atoms with Crippen molar-refractivity contribution in [3.05, 3.63) is 24.2 Å². The van der Waals surface area contributed by atoms with Crippen LogP contribution >= 0.6 is 0 Å². The number of likely N-dealkylation sites (N-methyl/N-ethyl adjacent to an activating group) is 1. The van der Waals surface area contributed by atoms with Crippen LogP contribution in [0, 0.1) is 0 Å². The molecule has 1 N–H and O–H groups in total. The number of guanidine groups is 1. The van der Waals surface area contributed by atoms with E-state index in [2.05, 4.69) is 20.1 Å². The molecule has 31 heavy (non-hydrogen) atoms. The van der Waals surface area contributed by atoms with E-state index in [0.29, 0.717) is 39.4 Å². The zero-order valence-corrected chi connectivity index (χ0v) is 18.6. The van der Waals surface area contributed by atoms with Gasteiger partial charge < -0.3 is 29.2 Å². The van der Waals surface area contributed by atoms with Crippen LogP contribution in [0.5, 0.6) is 0 Å². The summed E-state index contributed by atoms with van der Waals surface area (Å²) in [5.74, 6) is 1.75. The number of rotatable bonds is 7. The highest BCUT2D eigenvalue weighted by atomic mass is 16.5. The van der Waals surface area contributed by atoms with Crippen LogP contribution in [0.4, 0.5) is 0 Å². The van der Waals surface area contributed by atoms with Crippen molar-refractivity contribution in [3.63, 3.8) is 0 Å². The van der Waals surface area contributed by atoms with E-state index in [1.54, 1.807) is 25.3 Å². The standard InChI is InChI=1S/C21H34N6O4/c1-24(2)19(28)16-23-21(22-6-5-18-4-3-13-31-18)27-9-7-25(8-10-27)17-20(29)26-11-14-30-15-12-26/h3-4,13H,5-12,14-17H2,1-2H3,(H,22,23).